The van der Waals surface area contributed by atoms with Gasteiger partial charge in [-0.1, -0.05) is 0 Å². The van der Waals surface area contributed by atoms with Gasteiger partial charge in [0.25, 0.3) is 0 Å². The predicted molar refractivity (Wildman–Crippen MR) is 111 cm³/mol. The van der Waals surface area contributed by atoms with Crippen LogP contribution >= 0.6 is 0 Å². The summed E-state index contributed by atoms with van der Waals surface area (Å²) in [6.07, 6.45) is 8.87. The van der Waals surface area contributed by atoms with Gasteiger partial charge in [-0.3, -0.25) is 0 Å². The first-order chi connectivity index (χ1) is 13.6. The van der Waals surface area contributed by atoms with Crippen molar-refractivity contribution in [3.8, 4) is 0 Å². The normalized spacial score (nSPS) is 24.2. The number of nitrogen functional groups attached to an aromatic ring is 1. The highest BCUT2D eigenvalue weighted by Gasteiger charge is 2.44. The van der Waals surface area contributed by atoms with E-state index in [4.69, 9.17) is 15.7 Å². The van der Waals surface area contributed by atoms with Crippen molar-refractivity contribution in [1.82, 2.24) is 19.9 Å². The molecule has 0 aromatic carbocycles. The third-order valence-electron chi connectivity index (χ3n) is 6.88. The third-order valence-corrected chi connectivity index (χ3v) is 6.88. The molecule has 2 fully saturated rings. The Balaban J connectivity index is 1.50. The van der Waals surface area contributed by atoms with E-state index in [-0.39, 0.29) is 5.41 Å². The van der Waals surface area contributed by atoms with Crippen molar-refractivity contribution in [3.05, 3.63) is 28.7 Å². The molecule has 5 rings (SSSR count). The molecule has 2 aromatic rings. The van der Waals surface area contributed by atoms with Gasteiger partial charge in [0.15, 0.2) is 0 Å². The van der Waals surface area contributed by atoms with Gasteiger partial charge in [-0.15, -0.1) is 0 Å². The van der Waals surface area contributed by atoms with E-state index in [1.54, 1.807) is 0 Å². The highest BCUT2D eigenvalue weighted by molar-refractivity contribution is 5.54. The first kappa shape index (κ1) is 17.6. The monoisotopic (exact) mass is 379 g/mol. The van der Waals surface area contributed by atoms with Gasteiger partial charge in [-0.25, -0.2) is 15.0 Å². The van der Waals surface area contributed by atoms with E-state index in [0.717, 1.165) is 69.3 Å². The van der Waals surface area contributed by atoms with Crippen molar-refractivity contribution in [2.45, 2.75) is 57.8 Å². The molecule has 0 radical (unpaired) electrons. The second-order valence-electron chi connectivity index (χ2n) is 8.66. The number of hydrogen-bond donors (Lipinski definition) is 1. The summed E-state index contributed by atoms with van der Waals surface area (Å²) < 4.78 is 0. The molecular formula is C21H29N7. The molecule has 2 N–H and O–H groups in total. The van der Waals surface area contributed by atoms with Gasteiger partial charge >= 0.3 is 0 Å². The molecule has 7 nitrogen and oxygen atoms in total. The number of nitrogens with two attached hydrogens (primary N) is 1. The van der Waals surface area contributed by atoms with Gasteiger partial charge in [0, 0.05) is 49.0 Å². The van der Waals surface area contributed by atoms with Crippen LogP contribution in [-0.4, -0.2) is 46.1 Å². The van der Waals surface area contributed by atoms with Crippen LogP contribution in [0.5, 0.6) is 0 Å². The van der Waals surface area contributed by atoms with Gasteiger partial charge in [-0.2, -0.15) is 4.98 Å². The Labute approximate surface area is 166 Å². The maximum atomic E-state index is 5.94. The SMILES string of the molecule is Cc1nc(N2CCCC2)nc(N2CCCC3(CCc4cnc(N)nc43)C2)c1C. The fourth-order valence-electron chi connectivity index (χ4n) is 5.23. The number of aromatic nitrogens is 4. The Kier molecular flexibility index (Phi) is 4.14. The van der Waals surface area contributed by atoms with E-state index in [2.05, 4.69) is 33.6 Å². The molecule has 2 aliphatic heterocycles. The smallest absolute Gasteiger partial charge is 0.227 e. The number of aryl methyl sites for hydroxylation is 2. The zero-order valence-electron chi connectivity index (χ0n) is 16.9. The van der Waals surface area contributed by atoms with Crippen LogP contribution < -0.4 is 15.5 Å². The molecule has 1 atom stereocenters. The van der Waals surface area contributed by atoms with Crippen LogP contribution in [0.2, 0.25) is 0 Å². The fraction of sp³-hybridized carbons (Fsp3) is 0.619. The Morgan fingerprint density at radius 2 is 1.75 bits per heavy atom. The van der Waals surface area contributed by atoms with Crippen LogP contribution in [0.15, 0.2) is 6.20 Å². The molecule has 28 heavy (non-hydrogen) atoms. The van der Waals surface area contributed by atoms with E-state index in [9.17, 15) is 0 Å². The van der Waals surface area contributed by atoms with Crippen molar-refractivity contribution in [2.24, 2.45) is 0 Å². The molecule has 2 aromatic heterocycles. The molecule has 1 spiro atoms. The lowest BCUT2D eigenvalue weighted by molar-refractivity contribution is 0.333. The van der Waals surface area contributed by atoms with Crippen molar-refractivity contribution in [3.63, 3.8) is 0 Å². The van der Waals surface area contributed by atoms with Crippen LogP contribution in [0.25, 0.3) is 0 Å². The molecule has 0 amide bonds. The highest BCUT2D eigenvalue weighted by atomic mass is 15.3. The molecule has 7 heteroatoms. The lowest BCUT2D eigenvalue weighted by atomic mass is 9.77. The Morgan fingerprint density at radius 1 is 0.964 bits per heavy atom. The van der Waals surface area contributed by atoms with E-state index in [0.29, 0.717) is 5.95 Å². The zero-order chi connectivity index (χ0) is 19.3. The summed E-state index contributed by atoms with van der Waals surface area (Å²) in [6, 6.07) is 0. The Morgan fingerprint density at radius 3 is 2.57 bits per heavy atom. The second-order valence-corrected chi connectivity index (χ2v) is 8.66. The van der Waals surface area contributed by atoms with Crippen LogP contribution in [0.4, 0.5) is 17.7 Å². The Hall–Kier alpha value is -2.44. The van der Waals surface area contributed by atoms with Crippen molar-refractivity contribution in [1.29, 1.82) is 0 Å². The Bertz CT molecular complexity index is 902. The van der Waals surface area contributed by atoms with Crippen LogP contribution in [0.3, 0.4) is 0 Å². The maximum absolute atomic E-state index is 5.94. The molecule has 0 bridgehead atoms. The molecular weight excluding hydrogens is 350 g/mol. The first-order valence-corrected chi connectivity index (χ1v) is 10.5. The number of anilines is 3. The number of nitrogens with zero attached hydrogens (tertiary/aromatic N) is 6. The molecule has 3 aliphatic rings. The van der Waals surface area contributed by atoms with Crippen molar-refractivity contribution < 1.29 is 0 Å². The highest BCUT2D eigenvalue weighted by Crippen LogP contribution is 2.45. The van der Waals surface area contributed by atoms with Gasteiger partial charge < -0.3 is 15.5 Å². The summed E-state index contributed by atoms with van der Waals surface area (Å²) in [5, 5.41) is 0. The molecule has 1 aliphatic carbocycles. The standard InChI is InChI=1S/C21H29N7/c1-14-15(2)24-20(27-9-3-4-10-27)26-18(14)28-11-5-7-21(13-28)8-6-16-12-23-19(22)25-17(16)21/h12H,3-11,13H2,1-2H3,(H2,22,23,25). The lowest BCUT2D eigenvalue weighted by Crippen LogP contribution is -2.46. The average Bonchev–Trinajstić information content (AvgIpc) is 3.34. The number of fused-ring (bicyclic) bond motifs is 2. The topological polar surface area (TPSA) is 84.1 Å². The van der Waals surface area contributed by atoms with E-state index < -0.39 is 0 Å². The molecule has 148 valence electrons. The number of rotatable bonds is 2. The molecule has 4 heterocycles. The van der Waals surface area contributed by atoms with Crippen LogP contribution in [-0.2, 0) is 11.8 Å². The summed E-state index contributed by atoms with van der Waals surface area (Å²) in [6.45, 7) is 8.38. The lowest BCUT2D eigenvalue weighted by Gasteiger charge is -2.41. The minimum atomic E-state index is 0.0732. The molecule has 1 unspecified atom stereocenters. The fourth-order valence-corrected chi connectivity index (χ4v) is 5.23. The van der Waals surface area contributed by atoms with Gasteiger partial charge in [0.2, 0.25) is 11.9 Å². The minimum Gasteiger partial charge on any atom is -0.368 e. The number of hydrogen-bond acceptors (Lipinski definition) is 7. The average molecular weight is 380 g/mol. The van der Waals surface area contributed by atoms with Crippen LogP contribution in [0.1, 0.15) is 54.6 Å². The predicted octanol–water partition coefficient (Wildman–Crippen LogP) is 2.55. The summed E-state index contributed by atoms with van der Waals surface area (Å²) in [4.78, 5) is 23.5. The van der Waals surface area contributed by atoms with Gasteiger partial charge in [0.05, 0.1) is 5.69 Å². The zero-order valence-corrected chi connectivity index (χ0v) is 16.9. The summed E-state index contributed by atoms with van der Waals surface area (Å²) in [5.41, 5.74) is 10.7. The second kappa shape index (κ2) is 6.57. The summed E-state index contributed by atoms with van der Waals surface area (Å²) >= 11 is 0. The quantitative estimate of drug-likeness (QED) is 0.858. The summed E-state index contributed by atoms with van der Waals surface area (Å²) in [5.74, 6) is 2.39. The summed E-state index contributed by atoms with van der Waals surface area (Å²) in [7, 11) is 0. The van der Waals surface area contributed by atoms with Crippen molar-refractivity contribution >= 4 is 17.7 Å². The van der Waals surface area contributed by atoms with Crippen LogP contribution in [0, 0.1) is 13.8 Å². The maximum Gasteiger partial charge on any atom is 0.227 e. The first-order valence-electron chi connectivity index (χ1n) is 10.5. The molecule has 0 saturated carbocycles. The third kappa shape index (κ3) is 2.79. The van der Waals surface area contributed by atoms with E-state index in [1.807, 2.05) is 6.20 Å². The number of piperidine rings is 1. The van der Waals surface area contributed by atoms with Crippen molar-refractivity contribution in [2.75, 3.05) is 41.7 Å². The largest absolute Gasteiger partial charge is 0.368 e. The van der Waals surface area contributed by atoms with E-state index in [1.165, 1.54) is 29.7 Å². The van der Waals surface area contributed by atoms with Gasteiger partial charge in [0.1, 0.15) is 5.82 Å². The van der Waals surface area contributed by atoms with E-state index >= 15 is 0 Å². The van der Waals surface area contributed by atoms with Gasteiger partial charge in [-0.05, 0) is 57.9 Å². The molecule has 2 saturated heterocycles. The minimum absolute atomic E-state index is 0.0732.